The Bertz CT molecular complexity index is 750. The fourth-order valence-electron chi connectivity index (χ4n) is 2.17. The second-order valence-corrected chi connectivity index (χ2v) is 5.14. The van der Waals surface area contributed by atoms with Crippen LogP contribution < -0.4 is 27.6 Å². The van der Waals surface area contributed by atoms with Crippen LogP contribution in [0.25, 0.3) is 5.70 Å². The monoisotopic (exact) mass is 348 g/mol. The number of amidine groups is 1. The molecule has 1 heterocycles. The molecule has 0 radical (unpaired) electrons. The summed E-state index contributed by atoms with van der Waals surface area (Å²) in [7, 11) is 1.31. The lowest BCUT2D eigenvalue weighted by Gasteiger charge is -2.21. The molecule has 0 bridgehead atoms. The zero-order valence-corrected chi connectivity index (χ0v) is 13.7. The number of aliphatic hydroxyl groups is 2. The van der Waals surface area contributed by atoms with E-state index in [1.807, 2.05) is 0 Å². The number of aliphatic hydroxyl groups excluding tert-OH is 2. The number of benzene rings is 1. The van der Waals surface area contributed by atoms with E-state index in [0.29, 0.717) is 17.1 Å². The van der Waals surface area contributed by atoms with Gasteiger partial charge >= 0.3 is 0 Å². The highest BCUT2D eigenvalue weighted by atomic mass is 16.5. The summed E-state index contributed by atoms with van der Waals surface area (Å²) in [4.78, 5) is 15.9. The lowest BCUT2D eigenvalue weighted by Crippen LogP contribution is -2.43. The fourth-order valence-corrected chi connectivity index (χ4v) is 2.17. The number of aliphatic imine (C=N–C) groups is 1. The smallest absolute Gasteiger partial charge is 0.294 e. The molecule has 10 nitrogen and oxygen atoms in total. The van der Waals surface area contributed by atoms with E-state index in [4.69, 9.17) is 16.3 Å². The first kappa shape index (κ1) is 18.1. The van der Waals surface area contributed by atoms with Crippen LogP contribution in [0.5, 0.6) is 0 Å². The van der Waals surface area contributed by atoms with Crippen LogP contribution in [0.15, 0.2) is 46.4 Å². The average Bonchev–Trinajstić information content (AvgIpc) is 2.56. The molecule has 1 aliphatic heterocycles. The zero-order valence-electron chi connectivity index (χ0n) is 13.7. The molecule has 0 aliphatic carbocycles. The van der Waals surface area contributed by atoms with Gasteiger partial charge in [0.25, 0.3) is 11.9 Å². The van der Waals surface area contributed by atoms with Crippen LogP contribution in [0.1, 0.15) is 12.5 Å². The Labute approximate surface area is 143 Å². The fraction of sp³-hybridized carbons (Fsp3) is 0.200. The maximum absolute atomic E-state index is 12.3. The number of nitrogens with one attached hydrogen (secondary N) is 3. The van der Waals surface area contributed by atoms with Gasteiger partial charge in [-0.3, -0.25) is 10.6 Å². The molecule has 2 rings (SSSR count). The van der Waals surface area contributed by atoms with Crippen molar-refractivity contribution in [3.8, 4) is 0 Å². The van der Waals surface area contributed by atoms with E-state index in [1.165, 1.54) is 7.11 Å². The Morgan fingerprint density at radius 2 is 2.00 bits per heavy atom. The molecule has 1 atom stereocenters. The van der Waals surface area contributed by atoms with Crippen molar-refractivity contribution in [1.29, 1.82) is 0 Å². The molecular weight excluding hydrogens is 328 g/mol. The summed E-state index contributed by atoms with van der Waals surface area (Å²) in [5.41, 5.74) is 10.2. The van der Waals surface area contributed by atoms with Crippen LogP contribution in [0.3, 0.4) is 0 Å². The van der Waals surface area contributed by atoms with Gasteiger partial charge in [0.2, 0.25) is 5.88 Å². The number of allylic oxidation sites excluding steroid dienone is 1. The molecule has 1 aromatic rings. The highest BCUT2D eigenvalue weighted by Gasteiger charge is 2.29. The Hall–Kier alpha value is -3.24. The van der Waals surface area contributed by atoms with Crippen LogP contribution >= 0.6 is 0 Å². The number of hydrogen-bond acceptors (Lipinski definition) is 9. The van der Waals surface area contributed by atoms with Gasteiger partial charge in [-0.25, -0.2) is 0 Å². The number of carbonyl (C=O) groups excluding carboxylic acids is 1. The highest BCUT2D eigenvalue weighted by molar-refractivity contribution is 6.05. The quantitative estimate of drug-likeness (QED) is 0.280. The topological polar surface area (TPSA) is 167 Å². The number of amides is 1. The molecule has 25 heavy (non-hydrogen) atoms. The third-order valence-corrected chi connectivity index (χ3v) is 3.39. The van der Waals surface area contributed by atoms with Gasteiger partial charge in [-0.05, 0) is 19.1 Å². The first-order valence-corrected chi connectivity index (χ1v) is 7.22. The number of carbonyl (C=O) groups is 1. The molecule has 0 saturated heterocycles. The van der Waals surface area contributed by atoms with Gasteiger partial charge in [-0.15, -0.1) is 0 Å². The van der Waals surface area contributed by atoms with Crippen molar-refractivity contribution < 1.29 is 19.7 Å². The Balaban J connectivity index is 2.19. The summed E-state index contributed by atoms with van der Waals surface area (Å²) in [5, 5.41) is 24.7. The minimum absolute atomic E-state index is 0.100. The predicted molar refractivity (Wildman–Crippen MR) is 92.4 cm³/mol. The van der Waals surface area contributed by atoms with E-state index in [1.54, 1.807) is 31.2 Å². The maximum atomic E-state index is 12.3. The van der Waals surface area contributed by atoms with Crippen molar-refractivity contribution in [3.63, 3.8) is 0 Å². The number of anilines is 1. The molecule has 10 heteroatoms. The summed E-state index contributed by atoms with van der Waals surface area (Å²) in [6.45, 7) is 1.70. The van der Waals surface area contributed by atoms with E-state index in [2.05, 4.69) is 21.1 Å². The lowest BCUT2D eigenvalue weighted by molar-refractivity contribution is -0.114. The van der Waals surface area contributed by atoms with E-state index < -0.39 is 18.0 Å². The zero-order chi connectivity index (χ0) is 18.6. The summed E-state index contributed by atoms with van der Waals surface area (Å²) in [6.07, 6.45) is -1.46. The maximum Gasteiger partial charge on any atom is 0.294 e. The average molecular weight is 348 g/mol. The van der Waals surface area contributed by atoms with Gasteiger partial charge in [-0.2, -0.15) is 4.99 Å². The van der Waals surface area contributed by atoms with E-state index >= 15 is 0 Å². The first-order valence-electron chi connectivity index (χ1n) is 7.22. The molecule has 1 amide bonds. The van der Waals surface area contributed by atoms with Crippen molar-refractivity contribution in [2.75, 3.05) is 12.4 Å². The minimum atomic E-state index is -1.46. The van der Waals surface area contributed by atoms with Crippen LogP contribution in [-0.2, 0) is 9.53 Å². The number of hydrazine groups is 1. The third-order valence-electron chi connectivity index (χ3n) is 3.39. The minimum Gasteiger partial charge on any atom is -0.493 e. The third kappa shape index (κ3) is 4.00. The van der Waals surface area contributed by atoms with Crippen LogP contribution in [0.4, 0.5) is 5.69 Å². The van der Waals surface area contributed by atoms with Crippen LogP contribution in [0, 0.1) is 0 Å². The summed E-state index contributed by atoms with van der Waals surface area (Å²) < 4.78 is 4.77. The molecule has 1 unspecified atom stereocenters. The van der Waals surface area contributed by atoms with Crippen molar-refractivity contribution in [2.45, 2.75) is 13.2 Å². The molecule has 1 aromatic carbocycles. The number of nitrogens with two attached hydrogens (primary N) is 2. The van der Waals surface area contributed by atoms with E-state index in [-0.39, 0.29) is 11.6 Å². The second-order valence-electron chi connectivity index (χ2n) is 5.14. The number of hydrogen-bond donors (Lipinski definition) is 7. The molecule has 0 aromatic heterocycles. The SMILES string of the molecule is COC1=NC(O)=C(C(=O)Nc2ccc(/C(NN)=C(\C)N)cc2)C(O)N1. The molecule has 0 fully saturated rings. The van der Waals surface area contributed by atoms with Crippen molar-refractivity contribution >= 4 is 23.3 Å². The van der Waals surface area contributed by atoms with E-state index in [0.717, 1.165) is 5.56 Å². The molecule has 134 valence electrons. The summed E-state index contributed by atoms with van der Waals surface area (Å²) >= 11 is 0. The summed E-state index contributed by atoms with van der Waals surface area (Å²) in [6, 6.07) is 6.55. The van der Waals surface area contributed by atoms with Crippen molar-refractivity contribution in [1.82, 2.24) is 10.7 Å². The molecule has 1 aliphatic rings. The van der Waals surface area contributed by atoms with Crippen LogP contribution in [-0.4, -0.2) is 35.5 Å². The second kappa shape index (κ2) is 7.55. The molecular formula is C15H20N6O4. The van der Waals surface area contributed by atoms with Crippen LogP contribution in [0.2, 0.25) is 0 Å². The van der Waals surface area contributed by atoms with Gasteiger partial charge in [0, 0.05) is 16.9 Å². The van der Waals surface area contributed by atoms with Gasteiger partial charge in [-0.1, -0.05) is 12.1 Å². The normalized spacial score (nSPS) is 17.9. The molecule has 0 saturated carbocycles. The summed E-state index contributed by atoms with van der Waals surface area (Å²) in [5.74, 6) is 4.08. The number of nitrogens with zero attached hydrogens (tertiary/aromatic N) is 1. The number of ether oxygens (including phenoxy) is 1. The molecule has 9 N–H and O–H groups in total. The molecule has 0 spiro atoms. The van der Waals surface area contributed by atoms with Crippen molar-refractivity contribution in [2.24, 2.45) is 16.6 Å². The van der Waals surface area contributed by atoms with Crippen molar-refractivity contribution in [3.05, 3.63) is 47.0 Å². The Morgan fingerprint density at radius 3 is 2.48 bits per heavy atom. The number of methoxy groups -OCH3 is 1. The largest absolute Gasteiger partial charge is 0.493 e. The highest BCUT2D eigenvalue weighted by Crippen LogP contribution is 2.19. The Morgan fingerprint density at radius 1 is 1.36 bits per heavy atom. The van der Waals surface area contributed by atoms with Gasteiger partial charge in [0.1, 0.15) is 5.57 Å². The van der Waals surface area contributed by atoms with Gasteiger partial charge in [0.05, 0.1) is 12.8 Å². The van der Waals surface area contributed by atoms with E-state index in [9.17, 15) is 15.0 Å². The Kier molecular flexibility index (Phi) is 5.47. The standard InChI is InChI=1S/C15H20N6O4/c1-7(16)11(21-17)8-3-5-9(6-4-8)18-12(22)10-13(23)19-15(25-2)20-14(10)24/h3-6,13,21,23-24H,16-17H2,1-2H3,(H,18,22)(H,19,20)/b11-7-. The predicted octanol–water partition coefficient (Wildman–Crippen LogP) is -0.571. The van der Waals surface area contributed by atoms with Gasteiger partial charge in [0.15, 0.2) is 6.23 Å². The first-order chi connectivity index (χ1) is 11.9. The lowest BCUT2D eigenvalue weighted by atomic mass is 10.1. The number of rotatable bonds is 4. The van der Waals surface area contributed by atoms with Gasteiger partial charge < -0.3 is 36.7 Å².